The number of nitrogens with one attached hydrogen (secondary N) is 1. The molecule has 2 heterocycles. The Kier molecular flexibility index (Phi) is 7.94. The summed E-state index contributed by atoms with van der Waals surface area (Å²) in [5.41, 5.74) is 1.69. The van der Waals surface area contributed by atoms with E-state index in [1.165, 1.54) is 5.56 Å². The minimum Gasteiger partial charge on any atom is -0.444 e. The number of hydrogen-bond acceptors (Lipinski definition) is 6. The molecule has 1 atom stereocenters. The topological polar surface area (TPSA) is 77.4 Å². The molecule has 2 aliphatic rings. The summed E-state index contributed by atoms with van der Waals surface area (Å²) in [7, 11) is 0. The van der Waals surface area contributed by atoms with E-state index in [9.17, 15) is 4.79 Å². The quantitative estimate of drug-likeness (QED) is 0.618. The van der Waals surface area contributed by atoms with Gasteiger partial charge < -0.3 is 25.0 Å². The fourth-order valence-electron chi connectivity index (χ4n) is 3.35. The minimum absolute atomic E-state index is 0. The van der Waals surface area contributed by atoms with E-state index in [1.54, 1.807) is 4.90 Å². The molecule has 1 amide bonds. The van der Waals surface area contributed by atoms with Gasteiger partial charge in [-0.1, -0.05) is 24.3 Å². The number of carbonyl (C=O) groups excluding carboxylic acids is 1. The van der Waals surface area contributed by atoms with Crippen molar-refractivity contribution in [2.45, 2.75) is 45.4 Å². The Balaban J connectivity index is 0.00000280. The number of fused-ring (bicyclic) bond motifs is 1. The number of benzene rings is 1. The van der Waals surface area contributed by atoms with Crippen LogP contribution in [0.2, 0.25) is 0 Å². The zero-order valence-corrected chi connectivity index (χ0v) is 19.2. The van der Waals surface area contributed by atoms with Crippen LogP contribution in [-0.2, 0) is 17.8 Å². The number of amides is 1. The summed E-state index contributed by atoms with van der Waals surface area (Å²) >= 11 is 0. The van der Waals surface area contributed by atoms with Crippen molar-refractivity contribution >= 4 is 36.0 Å². The summed E-state index contributed by atoms with van der Waals surface area (Å²) in [6.45, 7) is 9.30. The van der Waals surface area contributed by atoms with Crippen molar-refractivity contribution in [2.24, 2.45) is 4.99 Å². The van der Waals surface area contributed by atoms with Gasteiger partial charge >= 0.3 is 6.09 Å². The lowest BCUT2D eigenvalue weighted by Crippen LogP contribution is -2.57. The van der Waals surface area contributed by atoms with Crippen molar-refractivity contribution in [1.82, 2.24) is 15.1 Å². The van der Waals surface area contributed by atoms with Crippen LogP contribution in [0.25, 0.3) is 0 Å². The van der Waals surface area contributed by atoms with Crippen LogP contribution >= 0.6 is 24.0 Å². The number of guanidine groups is 1. The van der Waals surface area contributed by atoms with Gasteiger partial charge in [-0.2, -0.15) is 0 Å². The molecular formula is C20H31IN4O3. The highest BCUT2D eigenvalue weighted by Crippen LogP contribution is 2.18. The van der Waals surface area contributed by atoms with Crippen LogP contribution in [0.5, 0.6) is 0 Å². The van der Waals surface area contributed by atoms with E-state index in [2.05, 4.69) is 15.2 Å². The van der Waals surface area contributed by atoms with Crippen molar-refractivity contribution in [3.8, 4) is 0 Å². The third-order valence-corrected chi connectivity index (χ3v) is 4.76. The molecule has 0 bridgehead atoms. The number of piperazine rings is 1. The van der Waals surface area contributed by atoms with Gasteiger partial charge in [0.25, 0.3) is 0 Å². The predicted octanol–water partition coefficient (Wildman–Crippen LogP) is 2.22. The van der Waals surface area contributed by atoms with Crippen LogP contribution in [0, 0.1) is 0 Å². The van der Waals surface area contributed by atoms with E-state index in [4.69, 9.17) is 9.84 Å². The molecule has 7 nitrogen and oxygen atoms in total. The second-order valence-electron chi connectivity index (χ2n) is 8.09. The molecule has 8 heteroatoms. The molecule has 3 rings (SSSR count). The molecular weight excluding hydrogens is 471 g/mol. The summed E-state index contributed by atoms with van der Waals surface area (Å²) < 4.78 is 5.48. The maximum absolute atomic E-state index is 12.3. The lowest BCUT2D eigenvalue weighted by Gasteiger charge is -2.39. The molecule has 0 aliphatic carbocycles. The second-order valence-corrected chi connectivity index (χ2v) is 8.09. The van der Waals surface area contributed by atoms with Crippen molar-refractivity contribution in [2.75, 3.05) is 32.7 Å². The van der Waals surface area contributed by atoms with Gasteiger partial charge in [0.1, 0.15) is 5.60 Å². The van der Waals surface area contributed by atoms with Crippen molar-refractivity contribution in [1.29, 1.82) is 0 Å². The number of rotatable bonds is 4. The summed E-state index contributed by atoms with van der Waals surface area (Å²) in [6, 6.07) is 8.22. The zero-order chi connectivity index (χ0) is 19.4. The van der Waals surface area contributed by atoms with Gasteiger partial charge in [0, 0.05) is 26.2 Å². The first-order valence-electron chi connectivity index (χ1n) is 9.57. The Bertz CT molecular complexity index is 688. The van der Waals surface area contributed by atoms with E-state index in [0.717, 1.165) is 31.0 Å². The Morgan fingerprint density at radius 2 is 1.93 bits per heavy atom. The van der Waals surface area contributed by atoms with E-state index in [-0.39, 0.29) is 42.7 Å². The van der Waals surface area contributed by atoms with Gasteiger partial charge in [-0.15, -0.1) is 24.0 Å². The van der Waals surface area contributed by atoms with Gasteiger partial charge in [0.2, 0.25) is 0 Å². The smallest absolute Gasteiger partial charge is 0.410 e. The Morgan fingerprint density at radius 1 is 1.25 bits per heavy atom. The number of carbonyl (C=O) groups is 1. The molecule has 0 aromatic heterocycles. The molecule has 28 heavy (non-hydrogen) atoms. The number of ether oxygens (including phenoxy) is 1. The highest BCUT2D eigenvalue weighted by molar-refractivity contribution is 14.0. The van der Waals surface area contributed by atoms with E-state index in [1.807, 2.05) is 45.0 Å². The lowest BCUT2D eigenvalue weighted by molar-refractivity contribution is 0.0137. The molecule has 156 valence electrons. The highest BCUT2D eigenvalue weighted by Gasteiger charge is 2.36. The summed E-state index contributed by atoms with van der Waals surface area (Å²) in [5.74, 6) is 0.927. The number of halogens is 1. The molecule has 0 radical (unpaired) electrons. The largest absolute Gasteiger partial charge is 0.444 e. The Morgan fingerprint density at radius 3 is 2.57 bits per heavy atom. The van der Waals surface area contributed by atoms with Crippen LogP contribution in [0.15, 0.2) is 29.3 Å². The molecule has 1 aromatic carbocycles. The average molecular weight is 502 g/mol. The van der Waals surface area contributed by atoms with Gasteiger partial charge in [-0.25, -0.2) is 4.79 Å². The van der Waals surface area contributed by atoms with Crippen LogP contribution < -0.4 is 5.32 Å². The molecule has 1 fully saturated rings. The second kappa shape index (κ2) is 9.78. The van der Waals surface area contributed by atoms with Crippen LogP contribution in [0.4, 0.5) is 4.79 Å². The molecule has 0 saturated carbocycles. The molecule has 2 aliphatic heterocycles. The Hall–Kier alpha value is -1.55. The number of aliphatic hydroxyl groups is 1. The first-order valence-corrected chi connectivity index (χ1v) is 9.57. The van der Waals surface area contributed by atoms with Crippen LogP contribution in [-0.4, -0.2) is 71.3 Å². The third-order valence-electron chi connectivity index (χ3n) is 4.76. The number of aliphatic hydroxyl groups excluding tert-OH is 1. The normalized spacial score (nSPS) is 18.9. The maximum atomic E-state index is 12.3. The Labute approximate surface area is 184 Å². The van der Waals surface area contributed by atoms with Gasteiger partial charge in [0.15, 0.2) is 5.96 Å². The van der Waals surface area contributed by atoms with Gasteiger partial charge in [0.05, 0.1) is 19.2 Å². The molecule has 2 N–H and O–H groups in total. The fourth-order valence-corrected chi connectivity index (χ4v) is 3.35. The zero-order valence-electron chi connectivity index (χ0n) is 16.9. The molecule has 1 saturated heterocycles. The fraction of sp³-hybridized carbons (Fsp3) is 0.600. The number of hydrogen-bond donors (Lipinski definition) is 2. The first-order chi connectivity index (χ1) is 12.9. The van der Waals surface area contributed by atoms with Gasteiger partial charge in [-0.05, 0) is 38.3 Å². The number of nitrogens with zero attached hydrogens (tertiary/aromatic N) is 3. The SMILES string of the molecule is CC(C)(C)OC(=O)N1CCN2C(NCCc3ccc(CO)cc3)=NCC2C1.I. The van der Waals surface area contributed by atoms with E-state index < -0.39 is 5.60 Å². The maximum Gasteiger partial charge on any atom is 0.410 e. The summed E-state index contributed by atoms with van der Waals surface area (Å²) in [5, 5.41) is 12.5. The van der Waals surface area contributed by atoms with Crippen molar-refractivity contribution in [3.05, 3.63) is 35.4 Å². The van der Waals surface area contributed by atoms with Crippen LogP contribution in [0.3, 0.4) is 0 Å². The van der Waals surface area contributed by atoms with Gasteiger partial charge in [-0.3, -0.25) is 4.99 Å². The first kappa shape index (κ1) is 22.7. The summed E-state index contributed by atoms with van der Waals surface area (Å²) in [6.07, 6.45) is 0.655. The van der Waals surface area contributed by atoms with Crippen molar-refractivity contribution < 1.29 is 14.6 Å². The predicted molar refractivity (Wildman–Crippen MR) is 120 cm³/mol. The molecule has 1 unspecified atom stereocenters. The standard InChI is InChI=1S/C20H30N4O3.HI/c1-20(2,3)27-19(26)23-10-11-24-17(13-23)12-22-18(24)21-9-8-15-4-6-16(14-25)7-5-15;/h4-7,17,25H,8-14H2,1-3H3,(H,21,22);1H. The summed E-state index contributed by atoms with van der Waals surface area (Å²) in [4.78, 5) is 20.9. The molecule has 1 aromatic rings. The van der Waals surface area contributed by atoms with E-state index >= 15 is 0 Å². The van der Waals surface area contributed by atoms with E-state index in [0.29, 0.717) is 19.6 Å². The average Bonchev–Trinajstić information content (AvgIpc) is 3.03. The van der Waals surface area contributed by atoms with Crippen molar-refractivity contribution in [3.63, 3.8) is 0 Å². The highest BCUT2D eigenvalue weighted by atomic mass is 127. The monoisotopic (exact) mass is 502 g/mol. The number of aliphatic imine (C=N–C) groups is 1. The minimum atomic E-state index is -0.470. The lowest BCUT2D eigenvalue weighted by atomic mass is 10.1. The molecule has 0 spiro atoms. The van der Waals surface area contributed by atoms with Crippen LogP contribution in [0.1, 0.15) is 31.9 Å². The third kappa shape index (κ3) is 5.97.